The molecule has 66 heavy (non-hydrogen) atoms. The molecule has 0 saturated heterocycles. The first-order chi connectivity index (χ1) is 30.4. The first-order valence-corrected chi connectivity index (χ1v) is 22.5. The van der Waals surface area contributed by atoms with Gasteiger partial charge in [-0.05, 0) is 109 Å². The Bertz CT molecular complexity index is 3060. The number of aliphatic imine (C=N–C) groups is 1. The predicted octanol–water partition coefficient (Wildman–Crippen LogP) is 5.12. The van der Waals surface area contributed by atoms with E-state index in [1.54, 1.807) is 24.3 Å². The molecule has 6 rings (SSSR count). The van der Waals surface area contributed by atoms with Gasteiger partial charge in [0.2, 0.25) is 0 Å². The van der Waals surface area contributed by atoms with Crippen LogP contribution in [-0.4, -0.2) is 54.7 Å². The molecule has 0 atom stereocenters. The summed E-state index contributed by atoms with van der Waals surface area (Å²) in [4.78, 5) is 22.3. The summed E-state index contributed by atoms with van der Waals surface area (Å²) in [5.41, 5.74) is 15.6. The molecule has 21 nitrogen and oxygen atoms in total. The second-order valence-electron chi connectivity index (χ2n) is 13.2. The Morgan fingerprint density at radius 1 is 0.636 bits per heavy atom. The topological polar surface area (TPSA) is 353 Å². The van der Waals surface area contributed by atoms with Crippen LogP contribution in [0.2, 0.25) is 0 Å². The number of nitrogen functional groups attached to an aromatic ring is 1. The van der Waals surface area contributed by atoms with Crippen molar-refractivity contribution in [2.45, 2.75) is 28.5 Å². The Morgan fingerprint density at radius 3 is 1.47 bits per heavy atom. The third-order valence-electron chi connectivity index (χ3n) is 8.48. The molecular weight excluding hydrogens is 932 g/mol. The Hall–Kier alpha value is -6.74. The van der Waals surface area contributed by atoms with Crippen molar-refractivity contribution in [3.05, 3.63) is 176 Å². The zero-order valence-corrected chi connectivity index (χ0v) is 39.3. The zero-order chi connectivity index (χ0) is 48.1. The number of nitrogens with one attached hydrogen (secondary N) is 1. The number of aryl methyl sites for hydroxylation is 2. The van der Waals surface area contributed by atoms with Crippen LogP contribution in [0.4, 0.5) is 39.8 Å². The number of hydrogen-bond acceptors (Lipinski definition) is 15. The average molecular weight is 969 g/mol. The van der Waals surface area contributed by atoms with Crippen molar-refractivity contribution in [3.8, 4) is 0 Å². The van der Waals surface area contributed by atoms with Gasteiger partial charge in [-0.25, -0.2) is 13.4 Å². The van der Waals surface area contributed by atoms with Crippen molar-refractivity contribution in [1.29, 1.82) is 0 Å². The minimum Gasteiger partial charge on any atom is -0.744 e. The van der Waals surface area contributed by atoms with Crippen LogP contribution in [0.15, 0.2) is 163 Å². The van der Waals surface area contributed by atoms with Crippen molar-refractivity contribution < 1.29 is 78.3 Å². The van der Waals surface area contributed by atoms with Gasteiger partial charge in [0, 0.05) is 35.6 Å². The Morgan fingerprint density at radius 2 is 1.06 bits per heavy atom. The quantitative estimate of drug-likeness (QED) is 0.0129. The van der Waals surface area contributed by atoms with Gasteiger partial charge < -0.3 is 21.3 Å². The van der Waals surface area contributed by atoms with E-state index >= 15 is 0 Å². The normalized spacial score (nSPS) is 11.7. The van der Waals surface area contributed by atoms with E-state index in [2.05, 4.69) is 20.5 Å². The molecule has 0 aliphatic heterocycles. The standard InChI is InChI=1S/C15H17N3.C14H10N2O10S2.C12H11N3O3S.Na/c1-11-7-3-5-9-13(11)17-15(16)18-14-10-6-4-8-12(14)2;17-15(18)11-5-3-9(13(7-11)27(21,22)23)1-2-10-4-6-12(16(19)20)8-14(10)28(24,25)26;13-9-1-3-10(4-2-9)14-15-11-5-7-12(8-6-11)19(16,17)18;/h3-10H,1-2H3,(H3,16,17,18);1-8H,(H,21,22,23)(H,24,25,26);1-8H,13H2,(H,16,17,18);/q;;;+1/p-1/b;2-1+;;. The molecule has 6 aromatic carbocycles. The number of para-hydroxylation sites is 2. The van der Waals surface area contributed by atoms with Crippen molar-refractivity contribution in [1.82, 2.24) is 0 Å². The predicted molar refractivity (Wildman–Crippen MR) is 241 cm³/mol. The molecule has 25 heteroatoms. The summed E-state index contributed by atoms with van der Waals surface area (Å²) in [7, 11) is -14.2. The summed E-state index contributed by atoms with van der Waals surface area (Å²) in [6.45, 7) is 4.04. The number of anilines is 2. The van der Waals surface area contributed by atoms with E-state index < -0.39 is 61.4 Å². The molecule has 0 aliphatic rings. The van der Waals surface area contributed by atoms with Crippen molar-refractivity contribution in [3.63, 3.8) is 0 Å². The number of nitro benzene ring substituents is 2. The third kappa shape index (κ3) is 16.4. The maximum atomic E-state index is 11.5. The molecule has 0 spiro atoms. The number of nitro groups is 2. The van der Waals surface area contributed by atoms with Crippen LogP contribution in [0.3, 0.4) is 0 Å². The molecule has 0 aliphatic carbocycles. The largest absolute Gasteiger partial charge is 1.00 e. The molecular formula is C41H37N8NaO13S3. The fourth-order valence-electron chi connectivity index (χ4n) is 5.21. The minimum atomic E-state index is -4.86. The average Bonchev–Trinajstić information content (AvgIpc) is 3.24. The van der Waals surface area contributed by atoms with Gasteiger partial charge >= 0.3 is 29.6 Å². The first kappa shape index (κ1) is 53.6. The number of nitrogens with zero attached hydrogens (tertiary/aromatic N) is 5. The van der Waals surface area contributed by atoms with Crippen LogP contribution in [0, 0.1) is 34.1 Å². The Kier molecular flexibility index (Phi) is 19.0. The number of benzene rings is 6. The van der Waals surface area contributed by atoms with E-state index in [0.717, 1.165) is 58.9 Å². The van der Waals surface area contributed by atoms with Crippen LogP contribution >= 0.6 is 0 Å². The van der Waals surface area contributed by atoms with Gasteiger partial charge in [-0.3, -0.25) is 29.3 Å². The van der Waals surface area contributed by atoms with Crippen LogP contribution in [0.1, 0.15) is 22.3 Å². The van der Waals surface area contributed by atoms with Crippen LogP contribution in [-0.2, 0) is 30.4 Å². The monoisotopic (exact) mass is 968 g/mol. The molecule has 0 heterocycles. The molecule has 0 amide bonds. The number of rotatable bonds is 11. The molecule has 0 unspecified atom stereocenters. The van der Waals surface area contributed by atoms with Crippen LogP contribution in [0.25, 0.3) is 12.2 Å². The number of nitrogens with two attached hydrogens (primary N) is 2. The molecule has 0 fully saturated rings. The van der Waals surface area contributed by atoms with E-state index in [-0.39, 0.29) is 45.6 Å². The third-order valence-corrected chi connectivity index (χ3v) is 11.1. The van der Waals surface area contributed by atoms with Gasteiger partial charge in [-0.15, -0.1) is 0 Å². The molecule has 0 saturated carbocycles. The van der Waals surface area contributed by atoms with Gasteiger partial charge in [-0.2, -0.15) is 27.1 Å². The SMILES string of the molecule is Cc1ccccc1N=C(N)Nc1ccccc1C.Nc1ccc(N=Nc2ccc(S(=O)(=O)[O-])cc2)cc1.O=[N+]([O-])c1ccc(/C=C/c2ccc([N+](=O)[O-])cc2S(=O)(=O)O)c(S(=O)(=O)O)c1.[Na+]. The number of non-ortho nitro benzene ring substituents is 2. The molecule has 6 aromatic rings. The van der Waals surface area contributed by atoms with Gasteiger partial charge in [0.05, 0.1) is 31.8 Å². The molecule has 338 valence electrons. The second-order valence-corrected chi connectivity index (χ2v) is 17.4. The van der Waals surface area contributed by atoms with Crippen molar-refractivity contribution in [2.24, 2.45) is 21.0 Å². The number of azo groups is 1. The molecule has 0 radical (unpaired) electrons. The second kappa shape index (κ2) is 23.4. The van der Waals surface area contributed by atoms with E-state index in [1.807, 2.05) is 62.4 Å². The Balaban J connectivity index is 0.000000269. The van der Waals surface area contributed by atoms with E-state index in [4.69, 9.17) is 11.5 Å². The van der Waals surface area contributed by atoms with Gasteiger partial charge in [0.15, 0.2) is 5.96 Å². The minimum absolute atomic E-state index is 0. The summed E-state index contributed by atoms with van der Waals surface area (Å²) < 4.78 is 96.6. The number of hydrogen-bond donors (Lipinski definition) is 5. The summed E-state index contributed by atoms with van der Waals surface area (Å²) in [6, 6.07) is 33.0. The first-order valence-electron chi connectivity index (χ1n) is 18.2. The smallest absolute Gasteiger partial charge is 0.744 e. The maximum absolute atomic E-state index is 11.5. The Labute approximate surface area is 400 Å². The van der Waals surface area contributed by atoms with Gasteiger partial charge in [-0.1, -0.05) is 48.6 Å². The summed E-state index contributed by atoms with van der Waals surface area (Å²) in [6.07, 6.45) is 2.01. The molecule has 0 aromatic heterocycles. The molecule has 0 bridgehead atoms. The van der Waals surface area contributed by atoms with E-state index in [1.165, 1.54) is 24.3 Å². The van der Waals surface area contributed by atoms with Gasteiger partial charge in [0.1, 0.15) is 19.9 Å². The zero-order valence-electron chi connectivity index (χ0n) is 34.9. The fraction of sp³-hybridized carbons (Fsp3) is 0.0488. The summed E-state index contributed by atoms with van der Waals surface area (Å²) in [5, 5.41) is 32.5. The van der Waals surface area contributed by atoms with Gasteiger partial charge in [0.25, 0.3) is 31.6 Å². The fourth-order valence-corrected chi connectivity index (χ4v) is 7.09. The summed E-state index contributed by atoms with van der Waals surface area (Å²) >= 11 is 0. The van der Waals surface area contributed by atoms with Crippen molar-refractivity contribution >= 4 is 88.3 Å². The maximum Gasteiger partial charge on any atom is 1.00 e. The van der Waals surface area contributed by atoms with Crippen molar-refractivity contribution in [2.75, 3.05) is 11.1 Å². The molecule has 7 N–H and O–H groups in total. The van der Waals surface area contributed by atoms with E-state index in [0.29, 0.717) is 35.2 Å². The number of guanidine groups is 1. The van der Waals surface area contributed by atoms with Crippen LogP contribution in [0.5, 0.6) is 0 Å². The van der Waals surface area contributed by atoms with Crippen LogP contribution < -0.4 is 46.3 Å². The van der Waals surface area contributed by atoms with E-state index in [9.17, 15) is 59.1 Å². The summed E-state index contributed by atoms with van der Waals surface area (Å²) in [5.74, 6) is 0.401.